The number of sulfone groups is 1. The average molecular weight is 525 g/mol. The van der Waals surface area contributed by atoms with Crippen LogP contribution in [0.25, 0.3) is 0 Å². The smallest absolute Gasteiger partial charge is 0.191 e. The van der Waals surface area contributed by atoms with E-state index in [1.165, 1.54) is 11.8 Å². The lowest BCUT2D eigenvalue weighted by molar-refractivity contribution is 0.223. The quantitative estimate of drug-likeness (QED) is 0.278. The van der Waals surface area contributed by atoms with E-state index in [1.807, 2.05) is 58.9 Å². The van der Waals surface area contributed by atoms with Gasteiger partial charge in [0, 0.05) is 19.3 Å². The second kappa shape index (κ2) is 12.5. The minimum Gasteiger partial charge on any atom is -0.489 e. The maximum absolute atomic E-state index is 11.4. The van der Waals surface area contributed by atoms with Crippen molar-refractivity contribution in [2.45, 2.75) is 47.1 Å². The number of benzene rings is 1. The van der Waals surface area contributed by atoms with Crippen LogP contribution in [0.3, 0.4) is 0 Å². The lowest BCUT2D eigenvalue weighted by Gasteiger charge is -2.23. The average Bonchev–Trinajstić information content (AvgIpc) is 2.55. The minimum atomic E-state index is -2.96. The first-order valence-corrected chi connectivity index (χ1v) is 11.5. The van der Waals surface area contributed by atoms with Crippen LogP contribution >= 0.6 is 24.0 Å². The van der Waals surface area contributed by atoms with Crippen molar-refractivity contribution in [3.05, 3.63) is 29.8 Å². The standard InChI is InChI=1S/C20H35N3O3S.HI/c1-7-21-19(23-15-20(4,5)11-12-27(6,24)25)22-14-17(3)26-18-10-8-9-16(2)13-18;/h8-10,13,17H,7,11-12,14-15H2,1-6H3,(H2,21,22,23);1H. The van der Waals surface area contributed by atoms with Crippen LogP contribution < -0.4 is 15.4 Å². The highest BCUT2D eigenvalue weighted by Crippen LogP contribution is 2.21. The molecule has 0 fully saturated rings. The van der Waals surface area contributed by atoms with E-state index in [2.05, 4.69) is 15.6 Å². The van der Waals surface area contributed by atoms with Gasteiger partial charge in [0.1, 0.15) is 21.7 Å². The topological polar surface area (TPSA) is 79.8 Å². The molecule has 0 aliphatic heterocycles. The van der Waals surface area contributed by atoms with Crippen LogP contribution in [0, 0.1) is 12.3 Å². The summed E-state index contributed by atoms with van der Waals surface area (Å²) in [7, 11) is -2.96. The summed E-state index contributed by atoms with van der Waals surface area (Å²) in [4.78, 5) is 4.62. The van der Waals surface area contributed by atoms with Crippen molar-refractivity contribution in [3.8, 4) is 5.75 Å². The van der Waals surface area contributed by atoms with Gasteiger partial charge in [0.15, 0.2) is 5.96 Å². The molecule has 0 bridgehead atoms. The van der Waals surface area contributed by atoms with Gasteiger partial charge in [-0.1, -0.05) is 26.0 Å². The van der Waals surface area contributed by atoms with Crippen LogP contribution in [0.5, 0.6) is 5.75 Å². The number of aryl methyl sites for hydroxylation is 1. The number of guanidine groups is 1. The second-order valence-electron chi connectivity index (χ2n) is 7.87. The molecule has 2 N–H and O–H groups in total. The highest BCUT2D eigenvalue weighted by atomic mass is 127. The number of nitrogens with one attached hydrogen (secondary N) is 2. The van der Waals surface area contributed by atoms with Crippen molar-refractivity contribution < 1.29 is 13.2 Å². The summed E-state index contributed by atoms with van der Waals surface area (Å²) in [6, 6.07) is 7.99. The first-order chi connectivity index (χ1) is 12.5. The van der Waals surface area contributed by atoms with Crippen LogP contribution in [-0.2, 0) is 9.84 Å². The Hall–Kier alpha value is -1.03. The first kappa shape index (κ1) is 27.0. The van der Waals surface area contributed by atoms with Gasteiger partial charge in [-0.25, -0.2) is 8.42 Å². The highest BCUT2D eigenvalue weighted by molar-refractivity contribution is 14.0. The van der Waals surface area contributed by atoms with Crippen LogP contribution in [0.2, 0.25) is 0 Å². The lowest BCUT2D eigenvalue weighted by Crippen LogP contribution is -2.42. The van der Waals surface area contributed by atoms with Gasteiger partial charge < -0.3 is 15.4 Å². The summed E-state index contributed by atoms with van der Waals surface area (Å²) in [5.74, 6) is 1.75. The fourth-order valence-corrected chi connectivity index (χ4v) is 3.30. The van der Waals surface area contributed by atoms with E-state index in [1.54, 1.807) is 0 Å². The number of aliphatic imine (C=N–C) groups is 1. The number of hydrogen-bond donors (Lipinski definition) is 2. The molecule has 0 aliphatic rings. The fraction of sp³-hybridized carbons (Fsp3) is 0.650. The normalized spacial score (nSPS) is 13.4. The van der Waals surface area contributed by atoms with Crippen LogP contribution in [-0.4, -0.2) is 52.1 Å². The van der Waals surface area contributed by atoms with E-state index < -0.39 is 9.84 Å². The predicted octanol–water partition coefficient (Wildman–Crippen LogP) is 3.40. The zero-order valence-corrected chi connectivity index (χ0v) is 21.1. The van der Waals surface area contributed by atoms with Crippen molar-refractivity contribution in [2.75, 3.05) is 31.6 Å². The van der Waals surface area contributed by atoms with Gasteiger partial charge in [0.05, 0.1) is 12.3 Å². The van der Waals surface area contributed by atoms with Crippen molar-refractivity contribution in [2.24, 2.45) is 10.4 Å². The van der Waals surface area contributed by atoms with Crippen molar-refractivity contribution in [1.82, 2.24) is 10.6 Å². The maximum Gasteiger partial charge on any atom is 0.191 e. The molecule has 1 atom stereocenters. The summed E-state index contributed by atoms with van der Waals surface area (Å²) in [6.45, 7) is 12.0. The number of halogens is 1. The Morgan fingerprint density at radius 3 is 2.54 bits per heavy atom. The van der Waals surface area contributed by atoms with E-state index >= 15 is 0 Å². The molecule has 0 amide bonds. The maximum atomic E-state index is 11.4. The molecular weight excluding hydrogens is 489 g/mol. The number of ether oxygens (including phenoxy) is 1. The van der Waals surface area contributed by atoms with Crippen molar-refractivity contribution in [3.63, 3.8) is 0 Å². The Balaban J connectivity index is 0.00000729. The molecule has 1 unspecified atom stereocenters. The summed E-state index contributed by atoms with van der Waals surface area (Å²) in [5, 5.41) is 6.52. The third-order valence-electron chi connectivity index (χ3n) is 4.04. The number of hydrogen-bond acceptors (Lipinski definition) is 4. The molecule has 0 spiro atoms. The SMILES string of the molecule is CCNC(=NCC(C)(C)CCS(C)(=O)=O)NCC(C)Oc1cccc(C)c1.I. The highest BCUT2D eigenvalue weighted by Gasteiger charge is 2.20. The van der Waals surface area contributed by atoms with Gasteiger partial charge in [-0.15, -0.1) is 24.0 Å². The fourth-order valence-electron chi connectivity index (χ4n) is 2.38. The predicted molar refractivity (Wildman–Crippen MR) is 129 cm³/mol. The Kier molecular flexibility index (Phi) is 12.1. The molecule has 0 radical (unpaired) electrons. The molecule has 0 heterocycles. The Morgan fingerprint density at radius 1 is 1.29 bits per heavy atom. The number of rotatable bonds is 10. The van der Waals surface area contributed by atoms with Crippen LogP contribution in [0.15, 0.2) is 29.3 Å². The summed E-state index contributed by atoms with van der Waals surface area (Å²) in [5.41, 5.74) is 0.980. The first-order valence-electron chi connectivity index (χ1n) is 9.44. The lowest BCUT2D eigenvalue weighted by atomic mass is 9.90. The third-order valence-corrected chi connectivity index (χ3v) is 4.99. The summed E-state index contributed by atoms with van der Waals surface area (Å²) < 4.78 is 28.7. The van der Waals surface area contributed by atoms with E-state index in [0.717, 1.165) is 12.3 Å². The minimum absolute atomic E-state index is 0. The third kappa shape index (κ3) is 12.4. The van der Waals surface area contributed by atoms with E-state index in [9.17, 15) is 8.42 Å². The largest absolute Gasteiger partial charge is 0.489 e. The van der Waals surface area contributed by atoms with Gasteiger partial charge in [-0.3, -0.25) is 4.99 Å². The second-order valence-corrected chi connectivity index (χ2v) is 10.1. The van der Waals surface area contributed by atoms with Crippen LogP contribution in [0.1, 0.15) is 39.7 Å². The molecular formula is C20H36IN3O3S. The van der Waals surface area contributed by atoms with Gasteiger partial charge in [-0.05, 0) is 50.3 Å². The molecule has 1 aromatic rings. The molecule has 162 valence electrons. The van der Waals surface area contributed by atoms with Crippen LogP contribution in [0.4, 0.5) is 0 Å². The molecule has 8 heteroatoms. The molecule has 0 aromatic heterocycles. The Bertz CT molecular complexity index is 721. The molecule has 28 heavy (non-hydrogen) atoms. The van der Waals surface area contributed by atoms with Gasteiger partial charge in [0.2, 0.25) is 0 Å². The molecule has 1 aromatic carbocycles. The Labute approximate surface area is 187 Å². The zero-order chi connectivity index (χ0) is 20.5. The van der Waals surface area contributed by atoms with Gasteiger partial charge >= 0.3 is 0 Å². The van der Waals surface area contributed by atoms with Crippen molar-refractivity contribution in [1.29, 1.82) is 0 Å². The van der Waals surface area contributed by atoms with E-state index in [0.29, 0.717) is 25.5 Å². The monoisotopic (exact) mass is 525 g/mol. The van der Waals surface area contributed by atoms with Gasteiger partial charge in [-0.2, -0.15) is 0 Å². The van der Waals surface area contributed by atoms with Crippen molar-refractivity contribution >= 4 is 39.8 Å². The van der Waals surface area contributed by atoms with Gasteiger partial charge in [0.25, 0.3) is 0 Å². The molecule has 0 aliphatic carbocycles. The molecule has 0 saturated carbocycles. The summed E-state index contributed by atoms with van der Waals surface area (Å²) >= 11 is 0. The summed E-state index contributed by atoms with van der Waals surface area (Å²) in [6.07, 6.45) is 1.84. The Morgan fingerprint density at radius 2 is 1.96 bits per heavy atom. The molecule has 6 nitrogen and oxygen atoms in total. The number of nitrogens with zero attached hydrogens (tertiary/aromatic N) is 1. The van der Waals surface area contributed by atoms with E-state index in [4.69, 9.17) is 4.74 Å². The zero-order valence-electron chi connectivity index (χ0n) is 17.9. The molecule has 1 rings (SSSR count). The molecule has 0 saturated heterocycles. The van der Waals surface area contributed by atoms with E-state index in [-0.39, 0.29) is 41.2 Å².